The Hall–Kier alpha value is -1.10. The van der Waals surface area contributed by atoms with Crippen molar-refractivity contribution in [2.75, 3.05) is 7.05 Å². The summed E-state index contributed by atoms with van der Waals surface area (Å²) >= 11 is 12.3. The van der Waals surface area contributed by atoms with Crippen LogP contribution in [-0.4, -0.2) is 23.2 Å². The number of aromatic nitrogens is 2. The minimum absolute atomic E-state index is 0.354. The molecule has 1 aromatic heterocycles. The second-order valence-corrected chi connectivity index (χ2v) is 5.77. The van der Waals surface area contributed by atoms with Gasteiger partial charge in [-0.05, 0) is 31.2 Å². The van der Waals surface area contributed by atoms with Crippen molar-refractivity contribution in [2.24, 2.45) is 0 Å². The van der Waals surface area contributed by atoms with Gasteiger partial charge in [-0.25, -0.2) is 0 Å². The van der Waals surface area contributed by atoms with E-state index in [-0.39, 0.29) is 0 Å². The van der Waals surface area contributed by atoms with Crippen molar-refractivity contribution >= 4 is 23.2 Å². The lowest BCUT2D eigenvalue weighted by molar-refractivity contribution is 0.352. The number of hydrogen-bond donors (Lipinski definition) is 1. The fourth-order valence-electron chi connectivity index (χ4n) is 2.21. The summed E-state index contributed by atoms with van der Waals surface area (Å²) < 4.78 is 5.31. The Morgan fingerprint density at radius 2 is 2.00 bits per heavy atom. The van der Waals surface area contributed by atoms with Crippen LogP contribution in [0.5, 0.6) is 0 Å². The highest BCUT2D eigenvalue weighted by atomic mass is 35.5. The average molecular weight is 328 g/mol. The predicted molar refractivity (Wildman–Crippen MR) is 85.0 cm³/mol. The normalized spacial score (nSPS) is 12.6. The number of benzene rings is 1. The van der Waals surface area contributed by atoms with Crippen LogP contribution in [0, 0.1) is 0 Å². The molecule has 0 saturated carbocycles. The molecular formula is C15H19Cl2N3O. The molecule has 0 saturated heterocycles. The van der Waals surface area contributed by atoms with E-state index in [0.717, 1.165) is 24.8 Å². The molecule has 0 fully saturated rings. The van der Waals surface area contributed by atoms with Crippen LogP contribution in [0.2, 0.25) is 10.0 Å². The van der Waals surface area contributed by atoms with Crippen LogP contribution in [0.1, 0.15) is 37.0 Å². The van der Waals surface area contributed by atoms with Crippen molar-refractivity contribution in [2.45, 2.75) is 38.6 Å². The van der Waals surface area contributed by atoms with Gasteiger partial charge < -0.3 is 9.84 Å². The summed E-state index contributed by atoms with van der Waals surface area (Å²) in [6, 6.07) is 5.79. The van der Waals surface area contributed by atoms with E-state index < -0.39 is 0 Å². The lowest BCUT2D eigenvalue weighted by Gasteiger charge is -2.11. The Bertz CT molecular complexity index is 566. The molecule has 0 aliphatic heterocycles. The summed E-state index contributed by atoms with van der Waals surface area (Å²) in [6.07, 6.45) is 3.39. The maximum absolute atomic E-state index is 6.15. The first kappa shape index (κ1) is 16.3. The fourth-order valence-corrected chi connectivity index (χ4v) is 2.74. The second-order valence-electron chi connectivity index (χ2n) is 4.96. The molecule has 0 amide bonds. The third-order valence-electron chi connectivity index (χ3n) is 3.37. The van der Waals surface area contributed by atoms with Crippen molar-refractivity contribution in [3.05, 3.63) is 45.5 Å². The molecule has 1 N–H and O–H groups in total. The van der Waals surface area contributed by atoms with E-state index in [1.54, 1.807) is 0 Å². The van der Waals surface area contributed by atoms with Crippen molar-refractivity contribution < 1.29 is 4.52 Å². The van der Waals surface area contributed by atoms with E-state index in [0.29, 0.717) is 34.2 Å². The van der Waals surface area contributed by atoms with Gasteiger partial charge in [0.2, 0.25) is 5.89 Å². The Balaban J connectivity index is 2.06. The number of likely N-dealkylation sites (N-methyl/N-ethyl adjacent to an activating group) is 1. The Kier molecular flexibility index (Phi) is 6.03. The Morgan fingerprint density at radius 3 is 2.62 bits per heavy atom. The first-order valence-electron chi connectivity index (χ1n) is 7.05. The summed E-state index contributed by atoms with van der Waals surface area (Å²) in [6.45, 7) is 2.16. The van der Waals surface area contributed by atoms with E-state index in [9.17, 15) is 0 Å². The molecule has 0 aliphatic rings. The van der Waals surface area contributed by atoms with E-state index in [4.69, 9.17) is 27.7 Å². The monoisotopic (exact) mass is 327 g/mol. The van der Waals surface area contributed by atoms with E-state index in [1.807, 2.05) is 25.2 Å². The zero-order valence-corrected chi connectivity index (χ0v) is 13.7. The van der Waals surface area contributed by atoms with Crippen molar-refractivity contribution in [3.8, 4) is 0 Å². The lowest BCUT2D eigenvalue weighted by Crippen LogP contribution is -2.27. The van der Waals surface area contributed by atoms with Gasteiger partial charge in [-0.3, -0.25) is 0 Å². The Labute approximate surface area is 134 Å². The molecule has 2 rings (SSSR count). The summed E-state index contributed by atoms with van der Waals surface area (Å²) in [5.74, 6) is 1.24. The van der Waals surface area contributed by atoms with Crippen LogP contribution in [-0.2, 0) is 12.8 Å². The number of nitrogens with one attached hydrogen (secondary N) is 1. The maximum Gasteiger partial charge on any atom is 0.228 e. The number of nitrogens with zero attached hydrogens (tertiary/aromatic N) is 2. The molecular weight excluding hydrogens is 309 g/mol. The fraction of sp³-hybridized carbons (Fsp3) is 0.467. The van der Waals surface area contributed by atoms with Gasteiger partial charge in [0.15, 0.2) is 5.82 Å². The van der Waals surface area contributed by atoms with Crippen LogP contribution in [0.25, 0.3) is 0 Å². The quantitative estimate of drug-likeness (QED) is 0.837. The van der Waals surface area contributed by atoms with Gasteiger partial charge in [-0.1, -0.05) is 47.8 Å². The second kappa shape index (κ2) is 7.78. The van der Waals surface area contributed by atoms with E-state index >= 15 is 0 Å². The molecule has 1 heterocycles. The third kappa shape index (κ3) is 4.43. The van der Waals surface area contributed by atoms with E-state index in [1.165, 1.54) is 0 Å². The van der Waals surface area contributed by atoms with Crippen molar-refractivity contribution in [1.82, 2.24) is 15.5 Å². The van der Waals surface area contributed by atoms with Crippen LogP contribution in [0.3, 0.4) is 0 Å². The molecule has 0 radical (unpaired) electrons. The van der Waals surface area contributed by atoms with Crippen LogP contribution in [0.4, 0.5) is 0 Å². The molecule has 6 heteroatoms. The van der Waals surface area contributed by atoms with Crippen molar-refractivity contribution in [1.29, 1.82) is 0 Å². The molecule has 21 heavy (non-hydrogen) atoms. The van der Waals surface area contributed by atoms with Gasteiger partial charge in [0.1, 0.15) is 0 Å². The first-order valence-corrected chi connectivity index (χ1v) is 7.81. The van der Waals surface area contributed by atoms with Gasteiger partial charge in [-0.2, -0.15) is 4.98 Å². The molecule has 1 atom stereocenters. The standard InChI is InChI=1S/C15H19Cl2N3O/c1-3-5-10(18-2)8-15-19-14(20-21-15)9-11-12(16)6-4-7-13(11)17/h4,6-7,10,18H,3,5,8-9H2,1-2H3. The zero-order chi connectivity index (χ0) is 15.2. The summed E-state index contributed by atoms with van der Waals surface area (Å²) in [5, 5.41) is 8.51. The number of hydrogen-bond acceptors (Lipinski definition) is 4. The Morgan fingerprint density at radius 1 is 1.29 bits per heavy atom. The zero-order valence-electron chi connectivity index (χ0n) is 12.2. The molecule has 114 valence electrons. The third-order valence-corrected chi connectivity index (χ3v) is 4.08. The molecule has 4 nitrogen and oxygen atoms in total. The molecule has 0 bridgehead atoms. The minimum atomic E-state index is 0.354. The van der Waals surface area contributed by atoms with Crippen LogP contribution >= 0.6 is 23.2 Å². The highest BCUT2D eigenvalue weighted by Gasteiger charge is 2.14. The first-order chi connectivity index (χ1) is 10.1. The van der Waals surface area contributed by atoms with Crippen LogP contribution < -0.4 is 5.32 Å². The molecule has 1 aromatic carbocycles. The van der Waals surface area contributed by atoms with Gasteiger partial charge in [0.05, 0.1) is 0 Å². The largest absolute Gasteiger partial charge is 0.339 e. The lowest BCUT2D eigenvalue weighted by atomic mass is 10.1. The SMILES string of the molecule is CCCC(Cc1nc(Cc2c(Cl)cccc2Cl)no1)NC. The number of rotatable bonds is 7. The average Bonchev–Trinajstić information content (AvgIpc) is 2.90. The van der Waals surface area contributed by atoms with Crippen LogP contribution in [0.15, 0.2) is 22.7 Å². The predicted octanol–water partition coefficient (Wildman–Crippen LogP) is 3.90. The molecule has 1 unspecified atom stereocenters. The molecule has 2 aromatic rings. The van der Waals surface area contributed by atoms with E-state index in [2.05, 4.69) is 22.4 Å². The van der Waals surface area contributed by atoms with Gasteiger partial charge in [0, 0.05) is 28.9 Å². The highest BCUT2D eigenvalue weighted by molar-refractivity contribution is 6.36. The topological polar surface area (TPSA) is 51.0 Å². The van der Waals surface area contributed by atoms with Gasteiger partial charge in [0.25, 0.3) is 0 Å². The maximum atomic E-state index is 6.15. The molecule has 0 aliphatic carbocycles. The smallest absolute Gasteiger partial charge is 0.228 e. The highest BCUT2D eigenvalue weighted by Crippen LogP contribution is 2.26. The van der Waals surface area contributed by atoms with Gasteiger partial charge in [-0.15, -0.1) is 0 Å². The molecule has 0 spiro atoms. The van der Waals surface area contributed by atoms with Crippen molar-refractivity contribution in [3.63, 3.8) is 0 Å². The number of halogens is 2. The summed E-state index contributed by atoms with van der Waals surface area (Å²) in [7, 11) is 1.95. The summed E-state index contributed by atoms with van der Waals surface area (Å²) in [4.78, 5) is 4.42. The minimum Gasteiger partial charge on any atom is -0.339 e. The van der Waals surface area contributed by atoms with Gasteiger partial charge >= 0.3 is 0 Å². The summed E-state index contributed by atoms with van der Waals surface area (Å²) in [5.41, 5.74) is 0.826.